The van der Waals surface area contributed by atoms with E-state index in [2.05, 4.69) is 22.3 Å². The van der Waals surface area contributed by atoms with Gasteiger partial charge in [0, 0.05) is 25.0 Å². The molecule has 0 aliphatic carbocycles. The zero-order valence-corrected chi connectivity index (χ0v) is 11.8. The van der Waals surface area contributed by atoms with Crippen molar-refractivity contribution in [3.05, 3.63) is 40.4 Å². The number of nitrogens with one attached hydrogen (secondary N) is 1. The number of aromatic nitrogens is 3. The average Bonchev–Trinajstić information content (AvgIpc) is 2.63. The largest absolute Gasteiger partial charge is 0.376 e. The molecule has 18 heavy (non-hydrogen) atoms. The van der Waals surface area contributed by atoms with Crippen molar-refractivity contribution >= 4 is 17.3 Å². The number of nitrogens with zero attached hydrogens (tertiary/aromatic N) is 3. The molecule has 1 atom stereocenters. The molecule has 1 unspecified atom stereocenters. The van der Waals surface area contributed by atoms with Gasteiger partial charge in [-0.15, -0.1) is 0 Å². The van der Waals surface area contributed by atoms with E-state index in [4.69, 9.17) is 11.6 Å². The van der Waals surface area contributed by atoms with Crippen molar-refractivity contribution in [2.75, 3.05) is 5.32 Å². The van der Waals surface area contributed by atoms with E-state index < -0.39 is 0 Å². The van der Waals surface area contributed by atoms with Gasteiger partial charge in [0.25, 0.3) is 0 Å². The molecule has 0 saturated heterocycles. The van der Waals surface area contributed by atoms with Crippen LogP contribution in [0, 0.1) is 13.8 Å². The van der Waals surface area contributed by atoms with Crippen LogP contribution in [0.5, 0.6) is 0 Å². The van der Waals surface area contributed by atoms with Crippen molar-refractivity contribution in [2.45, 2.75) is 26.8 Å². The van der Waals surface area contributed by atoms with Crippen molar-refractivity contribution in [2.24, 2.45) is 7.05 Å². The first kappa shape index (κ1) is 12.9. The minimum absolute atomic E-state index is 0.139. The first-order valence-electron chi connectivity index (χ1n) is 5.86. The highest BCUT2D eigenvalue weighted by molar-refractivity contribution is 6.31. The van der Waals surface area contributed by atoms with Gasteiger partial charge in [-0.25, -0.2) is 4.98 Å². The predicted molar refractivity (Wildman–Crippen MR) is 74.0 cm³/mol. The van der Waals surface area contributed by atoms with Crippen LogP contribution in [0.3, 0.4) is 0 Å². The monoisotopic (exact) mass is 264 g/mol. The summed E-state index contributed by atoms with van der Waals surface area (Å²) in [6.07, 6.45) is 3.78. The fraction of sp³-hybridized carbons (Fsp3) is 0.385. The van der Waals surface area contributed by atoms with Gasteiger partial charge in [-0.1, -0.05) is 11.6 Å². The maximum Gasteiger partial charge on any atom is 0.152 e. The summed E-state index contributed by atoms with van der Waals surface area (Å²) in [4.78, 5) is 4.14. The molecule has 0 bridgehead atoms. The molecule has 5 heteroatoms. The number of hydrogen-bond acceptors (Lipinski definition) is 3. The average molecular weight is 265 g/mol. The molecule has 0 spiro atoms. The van der Waals surface area contributed by atoms with Gasteiger partial charge in [0.05, 0.1) is 17.4 Å². The normalized spacial score (nSPS) is 12.5. The molecule has 2 aromatic heterocycles. The van der Waals surface area contributed by atoms with Crippen molar-refractivity contribution in [3.8, 4) is 0 Å². The first-order valence-corrected chi connectivity index (χ1v) is 6.24. The molecule has 0 fully saturated rings. The van der Waals surface area contributed by atoms with Gasteiger partial charge in [-0.2, -0.15) is 5.10 Å². The summed E-state index contributed by atoms with van der Waals surface area (Å²) in [5.41, 5.74) is 4.12. The third-order valence-corrected chi connectivity index (χ3v) is 3.17. The van der Waals surface area contributed by atoms with Gasteiger partial charge in [-0.3, -0.25) is 4.68 Å². The molecule has 0 aliphatic rings. The van der Waals surface area contributed by atoms with E-state index in [1.165, 1.54) is 0 Å². The Morgan fingerprint density at radius 1 is 1.39 bits per heavy atom. The van der Waals surface area contributed by atoms with Crippen molar-refractivity contribution in [1.29, 1.82) is 0 Å². The van der Waals surface area contributed by atoms with Gasteiger partial charge in [0.15, 0.2) is 5.15 Å². The maximum atomic E-state index is 6.08. The van der Waals surface area contributed by atoms with Gasteiger partial charge >= 0.3 is 0 Å². The van der Waals surface area contributed by atoms with Crippen LogP contribution in [-0.2, 0) is 7.05 Å². The van der Waals surface area contributed by atoms with Crippen LogP contribution in [0.2, 0.25) is 5.15 Å². The van der Waals surface area contributed by atoms with E-state index in [1.54, 1.807) is 6.20 Å². The van der Waals surface area contributed by atoms with Crippen LogP contribution in [0.1, 0.15) is 29.8 Å². The minimum Gasteiger partial charge on any atom is -0.376 e. The molecule has 0 aliphatic heterocycles. The quantitative estimate of drug-likeness (QED) is 0.866. The zero-order valence-electron chi connectivity index (χ0n) is 11.0. The van der Waals surface area contributed by atoms with Gasteiger partial charge in [0.1, 0.15) is 0 Å². The number of anilines is 1. The topological polar surface area (TPSA) is 42.7 Å². The third-order valence-electron chi connectivity index (χ3n) is 2.87. The fourth-order valence-electron chi connectivity index (χ4n) is 2.01. The molecule has 2 rings (SSSR count). The Kier molecular flexibility index (Phi) is 3.57. The van der Waals surface area contributed by atoms with Crippen LogP contribution in [0.4, 0.5) is 5.69 Å². The van der Waals surface area contributed by atoms with E-state index in [0.717, 1.165) is 22.5 Å². The molecular formula is C13H17ClN4. The smallest absolute Gasteiger partial charge is 0.152 e. The molecule has 0 radical (unpaired) electrons. The third kappa shape index (κ3) is 2.64. The molecule has 0 aromatic carbocycles. The van der Waals surface area contributed by atoms with Gasteiger partial charge < -0.3 is 5.32 Å². The molecule has 1 N–H and O–H groups in total. The summed E-state index contributed by atoms with van der Waals surface area (Å²) in [6, 6.07) is 2.14. The lowest BCUT2D eigenvalue weighted by Crippen LogP contribution is -2.08. The lowest BCUT2D eigenvalue weighted by atomic mass is 10.1. The molecule has 4 nitrogen and oxygen atoms in total. The summed E-state index contributed by atoms with van der Waals surface area (Å²) < 4.78 is 1.82. The van der Waals surface area contributed by atoms with E-state index in [1.807, 2.05) is 37.8 Å². The molecule has 0 saturated carbocycles. The summed E-state index contributed by atoms with van der Waals surface area (Å²) >= 11 is 6.08. The Morgan fingerprint density at radius 3 is 2.72 bits per heavy atom. The molecule has 2 aromatic rings. The van der Waals surface area contributed by atoms with Gasteiger partial charge in [0.2, 0.25) is 0 Å². The molecule has 0 amide bonds. The number of pyridine rings is 1. The first-order chi connectivity index (χ1) is 8.47. The SMILES string of the molecule is Cc1cnc(Cl)c(NC(C)c2cn(C)nc2C)c1. The predicted octanol–water partition coefficient (Wildman–Crippen LogP) is 3.26. The Balaban J connectivity index is 2.23. The zero-order chi connectivity index (χ0) is 13.3. The second-order valence-corrected chi connectivity index (χ2v) is 4.92. The second-order valence-electron chi connectivity index (χ2n) is 4.56. The van der Waals surface area contributed by atoms with Crippen LogP contribution >= 0.6 is 11.6 Å². The number of rotatable bonds is 3. The van der Waals surface area contributed by atoms with Crippen LogP contribution in [-0.4, -0.2) is 14.8 Å². The van der Waals surface area contributed by atoms with Crippen molar-refractivity contribution < 1.29 is 0 Å². The highest BCUT2D eigenvalue weighted by atomic mass is 35.5. The Labute approximate surface area is 112 Å². The molecular weight excluding hydrogens is 248 g/mol. The van der Waals surface area contributed by atoms with E-state index in [-0.39, 0.29) is 6.04 Å². The van der Waals surface area contributed by atoms with E-state index in [9.17, 15) is 0 Å². The highest BCUT2D eigenvalue weighted by Gasteiger charge is 2.13. The summed E-state index contributed by atoms with van der Waals surface area (Å²) in [5.74, 6) is 0. The van der Waals surface area contributed by atoms with Crippen molar-refractivity contribution in [1.82, 2.24) is 14.8 Å². The van der Waals surface area contributed by atoms with Crippen LogP contribution < -0.4 is 5.32 Å². The van der Waals surface area contributed by atoms with Crippen LogP contribution in [0.25, 0.3) is 0 Å². The molecule has 2 heterocycles. The Bertz CT molecular complexity index is 562. The van der Waals surface area contributed by atoms with Crippen LogP contribution in [0.15, 0.2) is 18.5 Å². The number of halogens is 1. The minimum atomic E-state index is 0.139. The summed E-state index contributed by atoms with van der Waals surface area (Å²) in [5, 5.41) is 8.21. The maximum absolute atomic E-state index is 6.08. The molecule has 96 valence electrons. The lowest BCUT2D eigenvalue weighted by molar-refractivity contribution is 0.756. The summed E-state index contributed by atoms with van der Waals surface area (Å²) in [7, 11) is 1.92. The van der Waals surface area contributed by atoms with Crippen molar-refractivity contribution in [3.63, 3.8) is 0 Å². The Hall–Kier alpha value is -1.55. The van der Waals surface area contributed by atoms with E-state index >= 15 is 0 Å². The summed E-state index contributed by atoms with van der Waals surface area (Å²) in [6.45, 7) is 6.08. The highest BCUT2D eigenvalue weighted by Crippen LogP contribution is 2.26. The second kappa shape index (κ2) is 4.98. The van der Waals surface area contributed by atoms with Gasteiger partial charge in [-0.05, 0) is 32.4 Å². The lowest BCUT2D eigenvalue weighted by Gasteiger charge is -2.15. The van der Waals surface area contributed by atoms with E-state index in [0.29, 0.717) is 5.15 Å². The number of aryl methyl sites for hydroxylation is 3. The fourth-order valence-corrected chi connectivity index (χ4v) is 2.17. The standard InChI is InChI=1S/C13H17ClN4/c1-8-5-12(13(14)15-6-8)16-9(2)11-7-18(4)17-10(11)3/h5-7,9,16H,1-4H3. The number of hydrogen-bond donors (Lipinski definition) is 1. The Morgan fingerprint density at radius 2 is 2.11 bits per heavy atom.